The molecule has 0 aliphatic carbocycles. The zero-order valence-corrected chi connectivity index (χ0v) is 15.1. The second-order valence-corrected chi connectivity index (χ2v) is 6.64. The number of amides is 2. The summed E-state index contributed by atoms with van der Waals surface area (Å²) in [4.78, 5) is 25.8. The van der Waals surface area contributed by atoms with E-state index in [9.17, 15) is 9.59 Å². The molecule has 132 valence electrons. The summed E-state index contributed by atoms with van der Waals surface area (Å²) < 4.78 is 1.92. The predicted molar refractivity (Wildman–Crippen MR) is 95.3 cm³/mol. The fraction of sp³-hybridized carbons (Fsp3) is 0.389. The first-order chi connectivity index (χ1) is 12.0. The third-order valence-corrected chi connectivity index (χ3v) is 4.88. The van der Waals surface area contributed by atoms with Crippen LogP contribution < -0.4 is 5.32 Å². The number of hydrogen-bond donors (Lipinski definition) is 1. The van der Waals surface area contributed by atoms with Gasteiger partial charge in [-0.25, -0.2) is 0 Å². The first-order valence-corrected chi connectivity index (χ1v) is 8.68. The van der Waals surface area contributed by atoms with Gasteiger partial charge in [-0.2, -0.15) is 5.10 Å². The van der Waals surface area contributed by atoms with Gasteiger partial charge in [0.2, 0.25) is 5.91 Å². The summed E-state index contributed by atoms with van der Waals surface area (Å²) in [6.07, 6.45) is 0.874. The summed E-state index contributed by atoms with van der Waals surface area (Å²) in [6, 6.07) is 7.33. The highest BCUT2D eigenvalue weighted by Gasteiger charge is 2.19. The highest BCUT2D eigenvalue weighted by molar-refractivity contribution is 6.34. The summed E-state index contributed by atoms with van der Waals surface area (Å²) >= 11 is 6.20. The molecule has 2 amide bonds. The lowest BCUT2D eigenvalue weighted by molar-refractivity contribution is -0.129. The van der Waals surface area contributed by atoms with Gasteiger partial charge < -0.3 is 10.2 Å². The molecule has 0 fully saturated rings. The van der Waals surface area contributed by atoms with Crippen LogP contribution in [0, 0.1) is 6.92 Å². The lowest BCUT2D eigenvalue weighted by atomic mass is 10.1. The quantitative estimate of drug-likeness (QED) is 0.914. The lowest BCUT2D eigenvalue weighted by Crippen LogP contribution is -2.28. The highest BCUT2D eigenvalue weighted by atomic mass is 35.5. The normalized spacial score (nSPS) is 14.0. The molecule has 1 N–H and O–H groups in total. The maximum atomic E-state index is 12.3. The largest absolute Gasteiger partial charge is 0.346 e. The van der Waals surface area contributed by atoms with E-state index in [2.05, 4.69) is 10.4 Å². The summed E-state index contributed by atoms with van der Waals surface area (Å²) in [7, 11) is 0. The second-order valence-electron chi connectivity index (χ2n) is 6.26. The number of benzene rings is 1. The van der Waals surface area contributed by atoms with Crippen LogP contribution in [0.15, 0.2) is 24.3 Å². The molecular formula is C18H21ClN4O2. The van der Waals surface area contributed by atoms with Crippen molar-refractivity contribution in [1.82, 2.24) is 20.0 Å². The fourth-order valence-electron chi connectivity index (χ4n) is 2.97. The third-order valence-electron chi connectivity index (χ3n) is 4.38. The number of halogens is 1. The van der Waals surface area contributed by atoms with Crippen LogP contribution in [-0.2, 0) is 24.4 Å². The van der Waals surface area contributed by atoms with Crippen molar-refractivity contribution in [2.24, 2.45) is 0 Å². The van der Waals surface area contributed by atoms with Crippen molar-refractivity contribution in [3.63, 3.8) is 0 Å². The van der Waals surface area contributed by atoms with Gasteiger partial charge in [-0.3, -0.25) is 14.3 Å². The topological polar surface area (TPSA) is 67.2 Å². The maximum Gasteiger partial charge on any atom is 0.253 e. The molecule has 1 aromatic carbocycles. The smallest absolute Gasteiger partial charge is 0.253 e. The molecule has 0 unspecified atom stereocenters. The summed E-state index contributed by atoms with van der Waals surface area (Å²) in [5.74, 6) is -0.152. The molecule has 0 saturated carbocycles. The number of aromatic nitrogens is 2. The van der Waals surface area contributed by atoms with Gasteiger partial charge in [-0.05, 0) is 31.0 Å². The molecule has 0 saturated heterocycles. The van der Waals surface area contributed by atoms with Crippen LogP contribution in [-0.4, -0.2) is 33.0 Å². The van der Waals surface area contributed by atoms with Gasteiger partial charge in [0.15, 0.2) is 0 Å². The summed E-state index contributed by atoms with van der Waals surface area (Å²) in [5, 5.41) is 7.87. The van der Waals surface area contributed by atoms with Crippen molar-refractivity contribution in [1.29, 1.82) is 0 Å². The van der Waals surface area contributed by atoms with E-state index in [1.54, 1.807) is 13.0 Å². The Balaban J connectivity index is 1.68. The molecule has 2 aromatic rings. The molecule has 0 atom stereocenters. The number of hydrogen-bond acceptors (Lipinski definition) is 3. The number of rotatable bonds is 3. The molecule has 25 heavy (non-hydrogen) atoms. The minimum absolute atomic E-state index is 0.0681. The van der Waals surface area contributed by atoms with E-state index in [-0.39, 0.29) is 11.8 Å². The monoisotopic (exact) mass is 360 g/mol. The first kappa shape index (κ1) is 17.5. The van der Waals surface area contributed by atoms with Crippen molar-refractivity contribution in [2.75, 3.05) is 6.54 Å². The van der Waals surface area contributed by atoms with Crippen molar-refractivity contribution in [3.05, 3.63) is 51.8 Å². The van der Waals surface area contributed by atoms with Gasteiger partial charge >= 0.3 is 0 Å². The molecule has 0 radical (unpaired) electrons. The Morgan fingerprint density at radius 2 is 2.12 bits per heavy atom. The van der Waals surface area contributed by atoms with Crippen molar-refractivity contribution >= 4 is 23.4 Å². The molecule has 6 nitrogen and oxygen atoms in total. The minimum Gasteiger partial charge on any atom is -0.346 e. The molecule has 1 aliphatic heterocycles. The minimum atomic E-state index is -0.220. The van der Waals surface area contributed by atoms with E-state index in [1.807, 2.05) is 34.7 Å². The van der Waals surface area contributed by atoms with Crippen molar-refractivity contribution in [2.45, 2.75) is 39.9 Å². The lowest BCUT2D eigenvalue weighted by Gasteiger charge is -2.17. The SMILES string of the molecule is CC(=O)N1CCCn2nc(CNC(=O)c3cccc(C)c3Cl)cc2C1. The maximum absolute atomic E-state index is 12.3. The predicted octanol–water partition coefficient (Wildman–Crippen LogP) is 2.53. The number of carbonyl (C=O) groups is 2. The van der Waals surface area contributed by atoms with Crippen LogP contribution in [0.5, 0.6) is 0 Å². The van der Waals surface area contributed by atoms with Gasteiger partial charge in [0.05, 0.1) is 35.1 Å². The average Bonchev–Trinajstić information content (AvgIpc) is 2.85. The number of aryl methyl sites for hydroxylation is 2. The molecule has 0 bridgehead atoms. The van der Waals surface area contributed by atoms with Crippen LogP contribution in [0.2, 0.25) is 5.02 Å². The zero-order chi connectivity index (χ0) is 18.0. The van der Waals surface area contributed by atoms with E-state index in [1.165, 1.54) is 0 Å². The Bertz CT molecular complexity index is 815. The Morgan fingerprint density at radius 1 is 1.32 bits per heavy atom. The Hall–Kier alpha value is -2.34. The highest BCUT2D eigenvalue weighted by Crippen LogP contribution is 2.20. The van der Waals surface area contributed by atoms with Gasteiger partial charge in [-0.1, -0.05) is 23.7 Å². The molecular weight excluding hydrogens is 340 g/mol. The average molecular weight is 361 g/mol. The molecule has 1 aromatic heterocycles. The van der Waals surface area contributed by atoms with E-state index >= 15 is 0 Å². The van der Waals surface area contributed by atoms with E-state index < -0.39 is 0 Å². The van der Waals surface area contributed by atoms with Crippen LogP contribution in [0.4, 0.5) is 0 Å². The molecule has 1 aliphatic rings. The Morgan fingerprint density at radius 3 is 2.88 bits per heavy atom. The number of carbonyl (C=O) groups excluding carboxylic acids is 2. The number of nitrogens with zero attached hydrogens (tertiary/aromatic N) is 3. The summed E-state index contributed by atoms with van der Waals surface area (Å²) in [6.45, 7) is 5.85. The Labute approximate surface area is 151 Å². The van der Waals surface area contributed by atoms with Crippen LogP contribution >= 0.6 is 11.6 Å². The number of nitrogens with one attached hydrogen (secondary N) is 1. The Kier molecular flexibility index (Phi) is 5.08. The molecule has 0 spiro atoms. The van der Waals surface area contributed by atoms with Crippen molar-refractivity contribution in [3.8, 4) is 0 Å². The van der Waals surface area contributed by atoms with Crippen molar-refractivity contribution < 1.29 is 9.59 Å². The third kappa shape index (κ3) is 3.85. The molecule has 7 heteroatoms. The zero-order valence-electron chi connectivity index (χ0n) is 14.4. The number of fused-ring (bicyclic) bond motifs is 1. The molecule has 3 rings (SSSR count). The van der Waals surface area contributed by atoms with E-state index in [0.717, 1.165) is 36.5 Å². The van der Waals surface area contributed by atoms with E-state index in [0.29, 0.717) is 23.7 Å². The first-order valence-electron chi connectivity index (χ1n) is 8.30. The van der Waals surface area contributed by atoms with Gasteiger partial charge in [-0.15, -0.1) is 0 Å². The van der Waals surface area contributed by atoms with E-state index in [4.69, 9.17) is 11.6 Å². The van der Waals surface area contributed by atoms with Gasteiger partial charge in [0.25, 0.3) is 5.91 Å². The fourth-order valence-corrected chi connectivity index (χ4v) is 3.18. The second kappa shape index (κ2) is 7.27. The van der Waals surface area contributed by atoms with Crippen LogP contribution in [0.3, 0.4) is 0 Å². The summed E-state index contributed by atoms with van der Waals surface area (Å²) in [5.41, 5.74) is 3.10. The molecule has 2 heterocycles. The standard InChI is InChI=1S/C18H21ClN4O2/c1-12-5-3-6-16(17(12)19)18(25)20-10-14-9-15-11-22(13(2)24)7-4-8-23(15)21-14/h3,5-6,9H,4,7-8,10-11H2,1-2H3,(H,20,25). The van der Waals surface area contributed by atoms with Gasteiger partial charge in [0, 0.05) is 20.0 Å². The van der Waals surface area contributed by atoms with Crippen LogP contribution in [0.1, 0.15) is 40.7 Å². The van der Waals surface area contributed by atoms with Gasteiger partial charge in [0.1, 0.15) is 0 Å². The van der Waals surface area contributed by atoms with Crippen LogP contribution in [0.25, 0.3) is 0 Å².